The van der Waals surface area contributed by atoms with Crippen LogP contribution in [0.15, 0.2) is 30.2 Å². The highest BCUT2D eigenvalue weighted by Gasteiger charge is 2.50. The molecule has 0 spiro atoms. The number of rotatable bonds is 3. The summed E-state index contributed by atoms with van der Waals surface area (Å²) in [4.78, 5) is 10.5. The fraction of sp³-hybridized carbons (Fsp3) is 0.429. The van der Waals surface area contributed by atoms with Crippen molar-refractivity contribution in [1.29, 1.82) is 0 Å². The van der Waals surface area contributed by atoms with Gasteiger partial charge in [0.05, 0.1) is 21.7 Å². The molecule has 5 nitrogen and oxygen atoms in total. The molecule has 2 rings (SSSR count). The minimum atomic E-state index is -0.500. The third-order valence-electron chi connectivity index (χ3n) is 3.84. The summed E-state index contributed by atoms with van der Waals surface area (Å²) in [5, 5.41) is 10.9. The van der Waals surface area contributed by atoms with Crippen LogP contribution in [0.3, 0.4) is 0 Å². The Bertz CT molecular complexity index is 538. The summed E-state index contributed by atoms with van der Waals surface area (Å²) in [6.45, 7) is 7.86. The Morgan fingerprint density at radius 2 is 1.70 bits per heavy atom. The first kappa shape index (κ1) is 14.7. The predicted octanol–water partition coefficient (Wildman–Crippen LogP) is 3.24. The first-order valence-electron chi connectivity index (χ1n) is 6.50. The molecule has 20 heavy (non-hydrogen) atoms. The number of benzene rings is 1. The molecule has 0 N–H and O–H groups in total. The molecule has 1 aliphatic rings. The molecule has 0 aromatic heterocycles. The lowest BCUT2D eigenvalue weighted by atomic mass is 9.89. The molecule has 0 bridgehead atoms. The number of nitro groups is 1. The zero-order valence-corrected chi connectivity index (χ0v) is 12.1. The van der Waals surface area contributed by atoms with Gasteiger partial charge in [0.25, 0.3) is 5.69 Å². The normalized spacial score (nSPS) is 20.5. The molecular weight excluding hydrogens is 257 g/mol. The van der Waals surface area contributed by atoms with Gasteiger partial charge >= 0.3 is 7.12 Å². The van der Waals surface area contributed by atoms with Gasteiger partial charge in [0.2, 0.25) is 0 Å². The molecule has 1 heterocycles. The largest absolute Gasteiger partial charge is 0.487 e. The third-order valence-corrected chi connectivity index (χ3v) is 3.84. The van der Waals surface area contributed by atoms with Crippen LogP contribution in [0.4, 0.5) is 5.69 Å². The summed E-state index contributed by atoms with van der Waals surface area (Å²) in [6, 6.07) is 6.57. The molecule has 0 saturated carbocycles. The van der Waals surface area contributed by atoms with Gasteiger partial charge in [0, 0.05) is 6.07 Å². The van der Waals surface area contributed by atoms with E-state index in [9.17, 15) is 10.1 Å². The fourth-order valence-corrected chi connectivity index (χ4v) is 1.94. The van der Waals surface area contributed by atoms with Crippen molar-refractivity contribution in [2.75, 3.05) is 0 Å². The van der Waals surface area contributed by atoms with Crippen molar-refractivity contribution in [3.05, 3.63) is 45.9 Å². The van der Waals surface area contributed by atoms with Gasteiger partial charge in [0.15, 0.2) is 0 Å². The minimum Gasteiger partial charge on any atom is -0.400 e. The van der Waals surface area contributed by atoms with Crippen molar-refractivity contribution in [3.8, 4) is 0 Å². The van der Waals surface area contributed by atoms with Gasteiger partial charge in [-0.2, -0.15) is 0 Å². The molecule has 0 amide bonds. The van der Waals surface area contributed by atoms with Crippen LogP contribution in [0, 0.1) is 10.1 Å². The van der Waals surface area contributed by atoms with E-state index in [1.165, 1.54) is 6.07 Å². The standard InChI is InChI=1S/C14H18BNO4/c1-13(2)14(3,4)20-15(19-13)10-9-11-7-5-6-8-12(11)16(17)18/h5-10H,1-4H3/b10-9+. The van der Waals surface area contributed by atoms with Crippen LogP contribution < -0.4 is 0 Å². The quantitative estimate of drug-likeness (QED) is 0.482. The Morgan fingerprint density at radius 1 is 1.15 bits per heavy atom. The predicted molar refractivity (Wildman–Crippen MR) is 78.2 cm³/mol. The maximum atomic E-state index is 10.9. The summed E-state index contributed by atoms with van der Waals surface area (Å²) in [5.74, 6) is 1.71. The fourth-order valence-electron chi connectivity index (χ4n) is 1.94. The highest BCUT2D eigenvalue weighted by molar-refractivity contribution is 6.52. The maximum absolute atomic E-state index is 10.9. The molecule has 6 heteroatoms. The van der Waals surface area contributed by atoms with Crippen LogP contribution in [0.1, 0.15) is 33.3 Å². The van der Waals surface area contributed by atoms with Gasteiger partial charge in [-0.3, -0.25) is 10.1 Å². The topological polar surface area (TPSA) is 61.6 Å². The third kappa shape index (κ3) is 2.76. The van der Waals surface area contributed by atoms with Crippen molar-refractivity contribution in [1.82, 2.24) is 0 Å². The van der Waals surface area contributed by atoms with Gasteiger partial charge in [0.1, 0.15) is 0 Å². The lowest BCUT2D eigenvalue weighted by molar-refractivity contribution is -0.385. The summed E-state index contributed by atoms with van der Waals surface area (Å²) in [6.07, 6.45) is 1.67. The molecule has 0 aliphatic carbocycles. The zero-order valence-electron chi connectivity index (χ0n) is 12.1. The highest BCUT2D eigenvalue weighted by atomic mass is 16.7. The zero-order chi connectivity index (χ0) is 15.0. The van der Waals surface area contributed by atoms with E-state index in [4.69, 9.17) is 9.31 Å². The average molecular weight is 275 g/mol. The molecule has 1 aromatic rings. The van der Waals surface area contributed by atoms with Crippen molar-refractivity contribution < 1.29 is 14.2 Å². The first-order chi connectivity index (χ1) is 9.23. The van der Waals surface area contributed by atoms with Crippen molar-refractivity contribution in [3.63, 3.8) is 0 Å². The van der Waals surface area contributed by atoms with Crippen LogP contribution >= 0.6 is 0 Å². The molecule has 0 atom stereocenters. The maximum Gasteiger partial charge on any atom is 0.487 e. The Morgan fingerprint density at radius 3 is 2.25 bits per heavy atom. The highest BCUT2D eigenvalue weighted by Crippen LogP contribution is 2.37. The molecular formula is C14H18BNO4. The van der Waals surface area contributed by atoms with E-state index >= 15 is 0 Å². The van der Waals surface area contributed by atoms with Gasteiger partial charge in [-0.1, -0.05) is 24.2 Å². The minimum absolute atomic E-state index is 0.0697. The number of para-hydroxylation sites is 1. The monoisotopic (exact) mass is 275 g/mol. The summed E-state index contributed by atoms with van der Waals surface area (Å²) in [5.41, 5.74) is -0.220. The van der Waals surface area contributed by atoms with Gasteiger partial charge in [-0.15, -0.1) is 0 Å². The average Bonchev–Trinajstić information content (AvgIpc) is 2.55. The number of hydrogen-bond acceptors (Lipinski definition) is 4. The molecule has 1 fully saturated rings. The second-order valence-corrected chi connectivity index (χ2v) is 5.80. The smallest absolute Gasteiger partial charge is 0.400 e. The van der Waals surface area contributed by atoms with E-state index in [-0.39, 0.29) is 5.69 Å². The molecule has 1 aromatic carbocycles. The molecule has 0 radical (unpaired) electrons. The Labute approximate surface area is 118 Å². The molecule has 106 valence electrons. The van der Waals surface area contributed by atoms with Crippen LogP contribution in [-0.2, 0) is 9.31 Å². The van der Waals surface area contributed by atoms with E-state index < -0.39 is 23.2 Å². The summed E-state index contributed by atoms with van der Waals surface area (Å²) >= 11 is 0. The second kappa shape index (κ2) is 5.03. The van der Waals surface area contributed by atoms with Crippen LogP contribution in [0.25, 0.3) is 6.08 Å². The number of nitrogens with zero attached hydrogens (tertiary/aromatic N) is 1. The Balaban J connectivity index is 2.18. The van der Waals surface area contributed by atoms with Crippen LogP contribution in [0.5, 0.6) is 0 Å². The SMILES string of the molecule is CC1(C)OB(/C=C/c2ccccc2[N+](=O)[O-])OC1(C)C. The summed E-state index contributed by atoms with van der Waals surface area (Å²) in [7, 11) is -0.500. The second-order valence-electron chi connectivity index (χ2n) is 5.80. The Kier molecular flexibility index (Phi) is 3.71. The van der Waals surface area contributed by atoms with Gasteiger partial charge in [-0.05, 0) is 33.8 Å². The van der Waals surface area contributed by atoms with E-state index in [1.807, 2.05) is 27.7 Å². The molecule has 1 saturated heterocycles. The lowest BCUT2D eigenvalue weighted by Crippen LogP contribution is -2.41. The van der Waals surface area contributed by atoms with E-state index in [0.717, 1.165) is 0 Å². The van der Waals surface area contributed by atoms with Crippen molar-refractivity contribution in [2.45, 2.75) is 38.9 Å². The molecule has 0 unspecified atom stereocenters. The van der Waals surface area contributed by atoms with E-state index in [0.29, 0.717) is 5.56 Å². The Hall–Kier alpha value is -1.66. The molecule has 1 aliphatic heterocycles. The van der Waals surface area contributed by atoms with Crippen molar-refractivity contribution in [2.24, 2.45) is 0 Å². The number of hydrogen-bond donors (Lipinski definition) is 0. The summed E-state index contributed by atoms with van der Waals surface area (Å²) < 4.78 is 11.6. The lowest BCUT2D eigenvalue weighted by Gasteiger charge is -2.32. The van der Waals surface area contributed by atoms with Gasteiger partial charge < -0.3 is 9.31 Å². The van der Waals surface area contributed by atoms with E-state index in [2.05, 4.69) is 0 Å². The van der Waals surface area contributed by atoms with Crippen LogP contribution in [0.2, 0.25) is 0 Å². The van der Waals surface area contributed by atoms with Gasteiger partial charge in [-0.25, -0.2) is 0 Å². The van der Waals surface area contributed by atoms with E-state index in [1.54, 1.807) is 30.3 Å². The first-order valence-corrected chi connectivity index (χ1v) is 6.50. The number of nitro benzene ring substituents is 1. The van der Waals surface area contributed by atoms with Crippen LogP contribution in [-0.4, -0.2) is 23.2 Å². The van der Waals surface area contributed by atoms with Crippen molar-refractivity contribution >= 4 is 18.9 Å².